The zero-order chi connectivity index (χ0) is 52.0. The number of hydrogen-bond donors (Lipinski definition) is 2. The summed E-state index contributed by atoms with van der Waals surface area (Å²) < 4.78 is 23.4. The van der Waals surface area contributed by atoms with Gasteiger partial charge in [-0.05, 0) is 19.3 Å². The van der Waals surface area contributed by atoms with Crippen LogP contribution in [0.15, 0.2) is 12.2 Å². The van der Waals surface area contributed by atoms with E-state index in [1.165, 1.54) is 270 Å². The van der Waals surface area contributed by atoms with Crippen molar-refractivity contribution in [2.45, 2.75) is 341 Å². The van der Waals surface area contributed by atoms with Crippen LogP contribution in [0.1, 0.15) is 328 Å². The standard InChI is InChI=1S/C62H125N2O6P/c1-6-8-10-12-14-16-18-20-22-24-26-28-29-30-31-32-33-34-35-36-38-40-42-44-46-48-50-52-54-56-62(66)63-60(59-70-71(67,68)69-58-57-64(3,4)5)61(65)55-53-51-49-47-45-43-41-39-37-27-25-23-21-19-17-15-13-11-9-7-2/h53,55,60-61,65H,6-52,54,56-59H2,1-5H3,(H-,63,66,67,68)/b55-53+. The number of nitrogens with one attached hydrogen (secondary N) is 1. The molecule has 0 rings (SSSR count). The fraction of sp³-hybridized carbons (Fsp3) is 0.952. The van der Waals surface area contributed by atoms with Crippen LogP contribution in [0.4, 0.5) is 0 Å². The second-order valence-corrected chi connectivity index (χ2v) is 24.5. The van der Waals surface area contributed by atoms with Crippen molar-refractivity contribution in [3.8, 4) is 0 Å². The first-order chi connectivity index (χ1) is 34.5. The van der Waals surface area contributed by atoms with Gasteiger partial charge in [0.1, 0.15) is 13.2 Å². The number of allylic oxidation sites excluding steroid dienone is 1. The van der Waals surface area contributed by atoms with Gasteiger partial charge in [-0.15, -0.1) is 0 Å². The SMILES string of the molecule is CCCCCCCCCCCCCCCCCCCC/C=C/C(O)C(COP(=O)([O-])OCC[N+](C)(C)C)NC(=O)CCCCCCCCCCCCCCCCCCCCCCCCCCCCCCC. The zero-order valence-electron chi connectivity index (χ0n) is 48.5. The number of nitrogens with zero attached hydrogens (tertiary/aromatic N) is 1. The fourth-order valence-electron chi connectivity index (χ4n) is 9.81. The molecule has 0 aromatic carbocycles. The maximum Gasteiger partial charge on any atom is 0.268 e. The van der Waals surface area contributed by atoms with E-state index in [-0.39, 0.29) is 19.1 Å². The van der Waals surface area contributed by atoms with Gasteiger partial charge in [0.2, 0.25) is 5.91 Å². The van der Waals surface area contributed by atoms with Crippen LogP contribution in [0.25, 0.3) is 0 Å². The van der Waals surface area contributed by atoms with E-state index in [1.807, 2.05) is 27.2 Å². The van der Waals surface area contributed by atoms with Crippen LogP contribution in [-0.2, 0) is 18.4 Å². The number of carbonyl (C=O) groups is 1. The number of aliphatic hydroxyl groups excluding tert-OH is 1. The molecule has 0 radical (unpaired) electrons. The Balaban J connectivity index is 4.07. The van der Waals surface area contributed by atoms with Gasteiger partial charge in [0.05, 0.1) is 39.9 Å². The molecule has 9 heteroatoms. The third-order valence-electron chi connectivity index (χ3n) is 14.7. The van der Waals surface area contributed by atoms with Crippen LogP contribution in [0, 0.1) is 0 Å². The van der Waals surface area contributed by atoms with E-state index in [0.29, 0.717) is 17.4 Å². The quantitative estimate of drug-likeness (QED) is 0.0272. The van der Waals surface area contributed by atoms with Gasteiger partial charge < -0.3 is 28.8 Å². The third kappa shape index (κ3) is 56.8. The molecular weight excluding hydrogens is 900 g/mol. The minimum Gasteiger partial charge on any atom is -0.756 e. The van der Waals surface area contributed by atoms with Crippen LogP contribution >= 0.6 is 7.82 Å². The van der Waals surface area contributed by atoms with Gasteiger partial charge in [0.25, 0.3) is 7.82 Å². The Kier molecular flexibility index (Phi) is 53.5. The summed E-state index contributed by atoms with van der Waals surface area (Å²) >= 11 is 0. The topological polar surface area (TPSA) is 108 Å². The monoisotopic (exact) mass is 1020 g/mol. The predicted molar refractivity (Wildman–Crippen MR) is 307 cm³/mol. The molecule has 0 spiro atoms. The molecule has 3 atom stereocenters. The molecule has 2 N–H and O–H groups in total. The minimum absolute atomic E-state index is 0.00281. The average molecular weight is 1030 g/mol. The summed E-state index contributed by atoms with van der Waals surface area (Å²) in [5.41, 5.74) is 0. The third-order valence-corrected chi connectivity index (χ3v) is 15.7. The Morgan fingerprint density at radius 3 is 1.06 bits per heavy atom. The second-order valence-electron chi connectivity index (χ2n) is 23.1. The highest BCUT2D eigenvalue weighted by Gasteiger charge is 2.23. The number of phosphoric acid groups is 1. The molecule has 0 bridgehead atoms. The number of hydrogen-bond acceptors (Lipinski definition) is 6. The van der Waals surface area contributed by atoms with Crippen LogP contribution in [0.3, 0.4) is 0 Å². The number of amides is 1. The van der Waals surface area contributed by atoms with E-state index in [9.17, 15) is 19.4 Å². The Hall–Kier alpha value is -0.760. The molecular formula is C62H125N2O6P. The summed E-state index contributed by atoms with van der Waals surface area (Å²) in [6.45, 7) is 4.71. The van der Waals surface area contributed by atoms with Crippen molar-refractivity contribution >= 4 is 13.7 Å². The first-order valence-electron chi connectivity index (χ1n) is 31.6. The Labute approximate surface area is 443 Å². The molecule has 0 aliphatic carbocycles. The highest BCUT2D eigenvalue weighted by atomic mass is 31.2. The molecule has 0 heterocycles. The Morgan fingerprint density at radius 2 is 0.761 bits per heavy atom. The summed E-state index contributed by atoms with van der Waals surface area (Å²) in [7, 11) is 1.28. The van der Waals surface area contributed by atoms with Crippen molar-refractivity contribution in [2.24, 2.45) is 0 Å². The molecule has 0 fully saturated rings. The molecule has 0 aliphatic heterocycles. The van der Waals surface area contributed by atoms with Gasteiger partial charge in [-0.3, -0.25) is 9.36 Å². The lowest BCUT2D eigenvalue weighted by molar-refractivity contribution is -0.870. The number of unbranched alkanes of at least 4 members (excludes halogenated alkanes) is 46. The maximum absolute atomic E-state index is 13.0. The molecule has 71 heavy (non-hydrogen) atoms. The lowest BCUT2D eigenvalue weighted by Gasteiger charge is -2.29. The molecule has 0 aromatic heterocycles. The van der Waals surface area contributed by atoms with Gasteiger partial charge in [0, 0.05) is 6.42 Å². The maximum atomic E-state index is 13.0. The second kappa shape index (κ2) is 54.0. The van der Waals surface area contributed by atoms with Gasteiger partial charge in [0.15, 0.2) is 0 Å². The van der Waals surface area contributed by atoms with E-state index in [1.54, 1.807) is 6.08 Å². The molecule has 0 aliphatic rings. The fourth-order valence-corrected chi connectivity index (χ4v) is 10.5. The number of likely N-dealkylation sites (N-methyl/N-ethyl adjacent to an activating group) is 1. The predicted octanol–water partition coefficient (Wildman–Crippen LogP) is 18.8. The van der Waals surface area contributed by atoms with E-state index in [4.69, 9.17) is 9.05 Å². The first-order valence-corrected chi connectivity index (χ1v) is 33.0. The van der Waals surface area contributed by atoms with Crippen LogP contribution in [-0.4, -0.2) is 68.5 Å². The van der Waals surface area contributed by atoms with Crippen molar-refractivity contribution in [1.82, 2.24) is 5.32 Å². The lowest BCUT2D eigenvalue weighted by atomic mass is 10.0. The molecule has 3 unspecified atom stereocenters. The molecule has 0 aromatic rings. The number of phosphoric ester groups is 1. The average Bonchev–Trinajstić information content (AvgIpc) is 3.33. The normalized spacial score (nSPS) is 13.8. The molecule has 424 valence electrons. The summed E-state index contributed by atoms with van der Waals surface area (Å²) in [6, 6.07) is -0.882. The Bertz CT molecular complexity index is 1160. The molecule has 0 saturated heterocycles. The van der Waals surface area contributed by atoms with Crippen LogP contribution in [0.5, 0.6) is 0 Å². The smallest absolute Gasteiger partial charge is 0.268 e. The highest BCUT2D eigenvalue weighted by Crippen LogP contribution is 2.38. The van der Waals surface area contributed by atoms with Gasteiger partial charge in [-0.25, -0.2) is 0 Å². The van der Waals surface area contributed by atoms with Gasteiger partial charge in [-0.2, -0.15) is 0 Å². The first kappa shape index (κ1) is 70.2. The number of rotatable bonds is 59. The molecule has 8 nitrogen and oxygen atoms in total. The number of quaternary nitrogens is 1. The van der Waals surface area contributed by atoms with E-state index in [2.05, 4.69) is 19.2 Å². The summed E-state index contributed by atoms with van der Waals surface area (Å²) in [6.07, 6.45) is 67.3. The van der Waals surface area contributed by atoms with Crippen molar-refractivity contribution in [3.05, 3.63) is 12.2 Å². The Morgan fingerprint density at radius 1 is 0.479 bits per heavy atom. The van der Waals surface area contributed by atoms with Crippen molar-refractivity contribution in [3.63, 3.8) is 0 Å². The van der Waals surface area contributed by atoms with E-state index in [0.717, 1.165) is 38.5 Å². The summed E-state index contributed by atoms with van der Waals surface area (Å²) in [5.74, 6) is -0.189. The number of aliphatic hydroxyl groups is 1. The largest absolute Gasteiger partial charge is 0.756 e. The van der Waals surface area contributed by atoms with Gasteiger partial charge >= 0.3 is 0 Å². The summed E-state index contributed by atoms with van der Waals surface area (Å²) in [4.78, 5) is 25.5. The summed E-state index contributed by atoms with van der Waals surface area (Å²) in [5, 5.41) is 13.9. The molecule has 0 saturated carbocycles. The van der Waals surface area contributed by atoms with Crippen molar-refractivity contribution < 1.29 is 32.9 Å². The lowest BCUT2D eigenvalue weighted by Crippen LogP contribution is -2.45. The van der Waals surface area contributed by atoms with E-state index >= 15 is 0 Å². The van der Waals surface area contributed by atoms with Crippen LogP contribution < -0.4 is 10.2 Å². The zero-order valence-corrected chi connectivity index (χ0v) is 49.4. The van der Waals surface area contributed by atoms with Crippen molar-refractivity contribution in [2.75, 3.05) is 40.9 Å². The number of carbonyl (C=O) groups excluding carboxylic acids is 1. The van der Waals surface area contributed by atoms with Crippen molar-refractivity contribution in [1.29, 1.82) is 0 Å². The van der Waals surface area contributed by atoms with Crippen LogP contribution in [0.2, 0.25) is 0 Å². The minimum atomic E-state index is -4.59. The highest BCUT2D eigenvalue weighted by molar-refractivity contribution is 7.45. The van der Waals surface area contributed by atoms with Gasteiger partial charge in [-0.1, -0.05) is 315 Å². The molecule has 1 amide bonds. The van der Waals surface area contributed by atoms with E-state index < -0.39 is 20.0 Å².